The summed E-state index contributed by atoms with van der Waals surface area (Å²) in [5.74, 6) is 1.39. The van der Waals surface area contributed by atoms with Gasteiger partial charge in [-0.05, 0) is 59.6 Å². The Labute approximate surface area is 177 Å². The number of piperidine rings is 1. The Morgan fingerprint density at radius 2 is 2.03 bits per heavy atom. The van der Waals surface area contributed by atoms with Gasteiger partial charge in [0.05, 0.1) is 12.9 Å². The molecule has 1 fully saturated rings. The third kappa shape index (κ3) is 4.47. The van der Waals surface area contributed by atoms with E-state index >= 15 is 0 Å². The first-order valence-corrected chi connectivity index (χ1v) is 10.6. The van der Waals surface area contributed by atoms with E-state index in [4.69, 9.17) is 4.74 Å². The summed E-state index contributed by atoms with van der Waals surface area (Å²) >= 11 is 0. The number of aromatic amines is 1. The number of H-pyrrole nitrogens is 1. The number of ether oxygens (including phenoxy) is 1. The van der Waals surface area contributed by atoms with Crippen LogP contribution in [0, 0.1) is 11.3 Å². The lowest BCUT2D eigenvalue weighted by atomic mass is 9.75. The van der Waals surface area contributed by atoms with Crippen LogP contribution in [0.2, 0.25) is 0 Å². The highest BCUT2D eigenvalue weighted by Gasteiger charge is 2.30. The average Bonchev–Trinajstić information content (AvgIpc) is 3.29. The van der Waals surface area contributed by atoms with Gasteiger partial charge >= 0.3 is 6.03 Å². The van der Waals surface area contributed by atoms with Crippen molar-refractivity contribution in [3.05, 3.63) is 36.1 Å². The van der Waals surface area contributed by atoms with E-state index in [1.54, 1.807) is 6.26 Å². The molecule has 8 heteroatoms. The third-order valence-electron chi connectivity index (χ3n) is 6.25. The molecule has 1 saturated heterocycles. The van der Waals surface area contributed by atoms with E-state index in [0.29, 0.717) is 18.3 Å². The summed E-state index contributed by atoms with van der Waals surface area (Å²) in [4.78, 5) is 14.8. The molecule has 3 heterocycles. The first-order chi connectivity index (χ1) is 14.4. The number of rotatable bonds is 3. The van der Waals surface area contributed by atoms with Crippen LogP contribution in [0.15, 0.2) is 30.5 Å². The number of nitrogens with zero attached hydrogens (tertiary/aromatic N) is 4. The summed E-state index contributed by atoms with van der Waals surface area (Å²) in [6.45, 7) is 9.09. The van der Waals surface area contributed by atoms with Crippen LogP contribution in [0.3, 0.4) is 0 Å². The molecule has 2 amide bonds. The van der Waals surface area contributed by atoms with Crippen molar-refractivity contribution in [3.63, 3.8) is 0 Å². The Hall–Kier alpha value is -2.90. The molecule has 0 bridgehead atoms. The highest BCUT2D eigenvalue weighted by molar-refractivity contribution is 5.90. The van der Waals surface area contributed by atoms with Crippen molar-refractivity contribution in [2.45, 2.75) is 46.0 Å². The minimum atomic E-state index is -0.0554. The molecule has 1 aromatic heterocycles. The van der Waals surface area contributed by atoms with Crippen LogP contribution < -0.4 is 5.32 Å². The monoisotopic (exact) mass is 410 g/mol. The number of carbonyl (C=O) groups is 1. The molecule has 4 rings (SSSR count). The van der Waals surface area contributed by atoms with Gasteiger partial charge in [-0.3, -0.25) is 0 Å². The molecule has 0 aliphatic carbocycles. The second kappa shape index (κ2) is 8.45. The van der Waals surface area contributed by atoms with Gasteiger partial charge in [-0.1, -0.05) is 26.8 Å². The maximum absolute atomic E-state index is 12.8. The van der Waals surface area contributed by atoms with Crippen molar-refractivity contribution in [1.29, 1.82) is 0 Å². The molecule has 0 radical (unpaired) electrons. The smallest absolute Gasteiger partial charge is 0.321 e. The highest BCUT2D eigenvalue weighted by atomic mass is 16.5. The molecule has 8 nitrogen and oxygen atoms in total. The largest absolute Gasteiger partial charge is 0.501 e. The van der Waals surface area contributed by atoms with E-state index in [1.807, 2.05) is 29.2 Å². The quantitative estimate of drug-likeness (QED) is 0.791. The zero-order valence-electron chi connectivity index (χ0n) is 17.9. The van der Waals surface area contributed by atoms with E-state index in [1.165, 1.54) is 0 Å². The number of carbonyl (C=O) groups excluding carboxylic acids is 1. The van der Waals surface area contributed by atoms with Crippen molar-refractivity contribution >= 4 is 11.7 Å². The van der Waals surface area contributed by atoms with E-state index in [-0.39, 0.29) is 17.4 Å². The van der Waals surface area contributed by atoms with E-state index in [0.717, 1.165) is 49.2 Å². The van der Waals surface area contributed by atoms with E-state index < -0.39 is 0 Å². The van der Waals surface area contributed by atoms with E-state index in [9.17, 15) is 4.79 Å². The molecule has 1 atom stereocenters. The molecule has 2 N–H and O–H groups in total. The van der Waals surface area contributed by atoms with Crippen LogP contribution in [0.4, 0.5) is 10.5 Å². The minimum Gasteiger partial charge on any atom is -0.501 e. The molecule has 0 spiro atoms. The maximum Gasteiger partial charge on any atom is 0.321 e. The second-order valence-electron chi connectivity index (χ2n) is 9.19. The van der Waals surface area contributed by atoms with Gasteiger partial charge in [-0.2, -0.15) is 5.21 Å². The number of amides is 2. The fourth-order valence-electron chi connectivity index (χ4n) is 4.35. The number of allylic oxidation sites excluding steroid dienone is 1. The Balaban J connectivity index is 1.50. The predicted octanol–water partition coefficient (Wildman–Crippen LogP) is 4.17. The number of hydrogen-bond donors (Lipinski definition) is 2. The lowest BCUT2D eigenvalue weighted by Gasteiger charge is -2.38. The Bertz CT molecular complexity index is 895. The lowest BCUT2D eigenvalue weighted by molar-refractivity contribution is 0.128. The summed E-state index contributed by atoms with van der Waals surface area (Å²) in [6, 6.07) is 5.86. The number of benzene rings is 1. The van der Waals surface area contributed by atoms with Crippen molar-refractivity contribution < 1.29 is 9.53 Å². The number of anilines is 1. The molecule has 1 aromatic carbocycles. The number of hydrogen-bond acceptors (Lipinski definition) is 5. The molecule has 30 heavy (non-hydrogen) atoms. The number of aromatic nitrogens is 4. The normalized spacial score (nSPS) is 20.1. The van der Waals surface area contributed by atoms with Crippen molar-refractivity contribution in [2.24, 2.45) is 11.3 Å². The van der Waals surface area contributed by atoms with Gasteiger partial charge < -0.3 is 15.0 Å². The lowest BCUT2D eigenvalue weighted by Crippen LogP contribution is -2.43. The number of likely N-dealkylation sites (tertiary alicyclic amines) is 1. The summed E-state index contributed by atoms with van der Waals surface area (Å²) in [5, 5.41) is 17.6. The summed E-state index contributed by atoms with van der Waals surface area (Å²) in [5.41, 5.74) is 2.98. The number of nitrogens with one attached hydrogen (secondary N) is 2. The highest BCUT2D eigenvalue weighted by Crippen LogP contribution is 2.35. The number of tetrazole rings is 1. The van der Waals surface area contributed by atoms with Crippen LogP contribution in [-0.2, 0) is 4.74 Å². The maximum atomic E-state index is 12.8. The zero-order valence-corrected chi connectivity index (χ0v) is 17.9. The van der Waals surface area contributed by atoms with E-state index in [2.05, 4.69) is 46.7 Å². The molecule has 1 unspecified atom stereocenters. The fourth-order valence-corrected chi connectivity index (χ4v) is 4.35. The first-order valence-electron chi connectivity index (χ1n) is 10.6. The SMILES string of the molecule is CC(C)(C)C1CCN(C(=O)Nc2ccc(C3C=COCC3)c(-c3nn[nH]n3)c2)CC1. The van der Waals surface area contributed by atoms with Crippen molar-refractivity contribution in [3.8, 4) is 11.4 Å². The van der Waals surface area contributed by atoms with Crippen molar-refractivity contribution in [2.75, 3.05) is 25.0 Å². The number of urea groups is 1. The van der Waals surface area contributed by atoms with Gasteiger partial charge in [-0.25, -0.2) is 4.79 Å². The van der Waals surface area contributed by atoms with Gasteiger partial charge in [0.1, 0.15) is 0 Å². The van der Waals surface area contributed by atoms with Gasteiger partial charge in [0.2, 0.25) is 5.82 Å². The second-order valence-corrected chi connectivity index (χ2v) is 9.19. The van der Waals surface area contributed by atoms with Crippen LogP contribution in [0.25, 0.3) is 11.4 Å². The fraction of sp³-hybridized carbons (Fsp3) is 0.545. The molecular formula is C22H30N6O2. The molecule has 160 valence electrons. The summed E-state index contributed by atoms with van der Waals surface area (Å²) < 4.78 is 5.33. The van der Waals surface area contributed by atoms with Crippen LogP contribution in [0.5, 0.6) is 0 Å². The average molecular weight is 411 g/mol. The summed E-state index contributed by atoms with van der Waals surface area (Å²) in [7, 11) is 0. The molecule has 2 aliphatic heterocycles. The Kier molecular flexibility index (Phi) is 5.74. The summed E-state index contributed by atoms with van der Waals surface area (Å²) in [6.07, 6.45) is 6.75. The van der Waals surface area contributed by atoms with Gasteiger partial charge in [0.25, 0.3) is 0 Å². The predicted molar refractivity (Wildman–Crippen MR) is 115 cm³/mol. The first kappa shape index (κ1) is 20.4. The minimum absolute atomic E-state index is 0.0554. The Morgan fingerprint density at radius 1 is 1.23 bits per heavy atom. The molecular weight excluding hydrogens is 380 g/mol. The van der Waals surface area contributed by atoms with Crippen LogP contribution in [0.1, 0.15) is 51.5 Å². The van der Waals surface area contributed by atoms with Gasteiger partial charge in [0.15, 0.2) is 0 Å². The van der Waals surface area contributed by atoms with Gasteiger partial charge in [0, 0.05) is 30.3 Å². The molecule has 2 aliphatic rings. The van der Waals surface area contributed by atoms with Gasteiger partial charge in [-0.15, -0.1) is 10.2 Å². The molecule has 2 aromatic rings. The topological polar surface area (TPSA) is 96.0 Å². The standard InChI is InChI=1S/C22H30N6O2/c1-22(2,3)16-6-10-28(11-7-16)21(29)23-17-4-5-18(15-8-12-30-13-9-15)19(14-17)20-24-26-27-25-20/h4-5,8,12,14-16H,6-7,9-11,13H2,1-3H3,(H,23,29)(H,24,25,26,27). The third-order valence-corrected chi connectivity index (χ3v) is 6.25. The molecule has 0 saturated carbocycles. The van der Waals surface area contributed by atoms with Crippen LogP contribution >= 0.6 is 0 Å². The zero-order chi connectivity index (χ0) is 21.1. The Morgan fingerprint density at radius 3 is 2.67 bits per heavy atom. The van der Waals surface area contributed by atoms with Crippen molar-refractivity contribution in [1.82, 2.24) is 25.5 Å². The van der Waals surface area contributed by atoms with Crippen LogP contribution in [-0.4, -0.2) is 51.3 Å².